The van der Waals surface area contributed by atoms with Gasteiger partial charge in [0.25, 0.3) is 5.91 Å². The number of nitrogens with one attached hydrogen (secondary N) is 1. The summed E-state index contributed by atoms with van der Waals surface area (Å²) in [5.74, 6) is -2.09. The van der Waals surface area contributed by atoms with Gasteiger partial charge in [0.15, 0.2) is 6.61 Å². The van der Waals surface area contributed by atoms with E-state index in [0.29, 0.717) is 23.4 Å². The fourth-order valence-electron chi connectivity index (χ4n) is 2.84. The number of aromatic nitrogens is 1. The van der Waals surface area contributed by atoms with Gasteiger partial charge < -0.3 is 24.1 Å². The quantitative estimate of drug-likeness (QED) is 0.460. The zero-order valence-corrected chi connectivity index (χ0v) is 17.9. The van der Waals surface area contributed by atoms with Crippen LogP contribution in [0, 0.1) is 19.8 Å². The third kappa shape index (κ3) is 7.24. The van der Waals surface area contributed by atoms with Gasteiger partial charge in [0, 0.05) is 11.4 Å². The fourth-order valence-corrected chi connectivity index (χ4v) is 2.84. The summed E-state index contributed by atoms with van der Waals surface area (Å²) in [6.45, 7) is 8.57. The Labute approximate surface area is 170 Å². The van der Waals surface area contributed by atoms with E-state index in [1.54, 1.807) is 31.4 Å². The van der Waals surface area contributed by atoms with Crippen LogP contribution in [0.2, 0.25) is 0 Å². The van der Waals surface area contributed by atoms with Crippen LogP contribution in [-0.2, 0) is 35.1 Å². The van der Waals surface area contributed by atoms with Crippen LogP contribution in [0.1, 0.15) is 48.9 Å². The van der Waals surface area contributed by atoms with E-state index in [1.807, 2.05) is 13.8 Å². The van der Waals surface area contributed by atoms with Crippen LogP contribution < -0.4 is 5.32 Å². The summed E-state index contributed by atoms with van der Waals surface area (Å²) in [6, 6.07) is 0.840. The number of aryl methyl sites for hydroxylation is 1. The summed E-state index contributed by atoms with van der Waals surface area (Å²) >= 11 is 0. The van der Waals surface area contributed by atoms with E-state index < -0.39 is 36.5 Å². The van der Waals surface area contributed by atoms with Gasteiger partial charge in [-0.15, -0.1) is 0 Å². The predicted octanol–water partition coefficient (Wildman–Crippen LogP) is 1.53. The van der Waals surface area contributed by atoms with Crippen molar-refractivity contribution in [3.05, 3.63) is 23.0 Å². The van der Waals surface area contributed by atoms with Gasteiger partial charge in [-0.05, 0) is 39.2 Å². The number of methoxy groups -OCH3 is 1. The third-order valence-corrected chi connectivity index (χ3v) is 4.25. The van der Waals surface area contributed by atoms with Gasteiger partial charge in [0.2, 0.25) is 0 Å². The highest BCUT2D eigenvalue weighted by molar-refractivity contribution is 5.91. The largest absolute Gasteiger partial charge is 0.467 e. The van der Waals surface area contributed by atoms with E-state index in [1.165, 1.54) is 7.11 Å². The zero-order chi connectivity index (χ0) is 22.1. The van der Waals surface area contributed by atoms with Gasteiger partial charge in [-0.1, -0.05) is 13.8 Å². The third-order valence-electron chi connectivity index (χ3n) is 4.25. The maximum absolute atomic E-state index is 12.1. The van der Waals surface area contributed by atoms with E-state index in [2.05, 4.69) is 10.1 Å². The Kier molecular flexibility index (Phi) is 9.37. The van der Waals surface area contributed by atoms with E-state index >= 15 is 0 Å². The highest BCUT2D eigenvalue weighted by Crippen LogP contribution is 2.16. The first-order valence-corrected chi connectivity index (χ1v) is 9.47. The minimum absolute atomic E-state index is 0.156. The minimum Gasteiger partial charge on any atom is -0.467 e. The Morgan fingerprint density at radius 3 is 2.34 bits per heavy atom. The molecule has 9 heteroatoms. The molecule has 0 spiro atoms. The summed E-state index contributed by atoms with van der Waals surface area (Å²) in [6.07, 6.45) is 0.407. The van der Waals surface area contributed by atoms with Crippen molar-refractivity contribution in [3.8, 4) is 0 Å². The number of amides is 1. The van der Waals surface area contributed by atoms with E-state index in [9.17, 15) is 19.2 Å². The van der Waals surface area contributed by atoms with Crippen molar-refractivity contribution in [3.63, 3.8) is 0 Å². The molecule has 1 unspecified atom stereocenters. The molecule has 1 aromatic rings. The molecule has 0 bridgehead atoms. The highest BCUT2D eigenvalue weighted by atomic mass is 16.5. The van der Waals surface area contributed by atoms with Gasteiger partial charge in [-0.2, -0.15) is 0 Å². The summed E-state index contributed by atoms with van der Waals surface area (Å²) in [5, 5.41) is 2.52. The molecule has 0 aliphatic heterocycles. The van der Waals surface area contributed by atoms with Crippen LogP contribution in [0.25, 0.3) is 0 Å². The van der Waals surface area contributed by atoms with Gasteiger partial charge in [0.05, 0.1) is 19.3 Å². The van der Waals surface area contributed by atoms with Crippen molar-refractivity contribution in [1.82, 2.24) is 9.88 Å². The summed E-state index contributed by atoms with van der Waals surface area (Å²) in [5.41, 5.74) is 1.64. The van der Waals surface area contributed by atoms with Crippen LogP contribution >= 0.6 is 0 Å². The first-order valence-electron chi connectivity index (χ1n) is 9.47. The average molecular weight is 410 g/mol. The van der Waals surface area contributed by atoms with Crippen LogP contribution in [0.15, 0.2) is 6.07 Å². The Bertz CT molecular complexity index is 752. The molecule has 1 atom stereocenters. The fraction of sp³-hybridized carbons (Fsp3) is 0.600. The van der Waals surface area contributed by atoms with Crippen LogP contribution in [0.5, 0.6) is 0 Å². The number of carbonyl (C=O) groups excluding carboxylic acids is 4. The molecule has 0 aliphatic rings. The van der Waals surface area contributed by atoms with Crippen molar-refractivity contribution >= 4 is 23.8 Å². The second-order valence-corrected chi connectivity index (χ2v) is 7.02. The van der Waals surface area contributed by atoms with Crippen LogP contribution in [0.4, 0.5) is 0 Å². The maximum Gasteiger partial charge on any atom is 0.339 e. The number of carbonyl (C=O) groups is 4. The molecule has 0 aliphatic carbocycles. The minimum atomic E-state index is -0.799. The Hall–Kier alpha value is -2.84. The predicted molar refractivity (Wildman–Crippen MR) is 104 cm³/mol. The Morgan fingerprint density at radius 1 is 1.14 bits per heavy atom. The normalized spacial score (nSPS) is 11.7. The molecular formula is C20H30N2O7. The maximum atomic E-state index is 12.1. The summed E-state index contributed by atoms with van der Waals surface area (Å²) < 4.78 is 16.3. The van der Waals surface area contributed by atoms with Crippen molar-refractivity contribution in [2.75, 3.05) is 20.3 Å². The lowest BCUT2D eigenvalue weighted by molar-refractivity contribution is -0.151. The van der Waals surface area contributed by atoms with E-state index in [0.717, 1.165) is 0 Å². The molecule has 0 fully saturated rings. The number of ether oxygens (including phenoxy) is 3. The molecule has 1 aromatic heterocycles. The molecule has 9 nitrogen and oxygen atoms in total. The smallest absolute Gasteiger partial charge is 0.339 e. The Balaban J connectivity index is 2.66. The number of rotatable bonds is 10. The molecular weight excluding hydrogens is 380 g/mol. The topological polar surface area (TPSA) is 113 Å². The van der Waals surface area contributed by atoms with Crippen molar-refractivity contribution < 1.29 is 33.4 Å². The number of nitrogens with zero attached hydrogens (tertiary/aromatic N) is 1. The summed E-state index contributed by atoms with van der Waals surface area (Å²) in [7, 11) is 1.24. The molecule has 1 heterocycles. The molecule has 1 amide bonds. The first kappa shape index (κ1) is 24.2. The summed E-state index contributed by atoms with van der Waals surface area (Å²) in [4.78, 5) is 47.9. The molecule has 0 saturated heterocycles. The molecule has 1 rings (SSSR count). The van der Waals surface area contributed by atoms with E-state index in [4.69, 9.17) is 9.47 Å². The molecule has 0 radical (unpaired) electrons. The SMILES string of the molecule is CCOC(=O)c1cc(C)n(CC(=O)OCC(=O)NC(CC(C)C)C(=O)OC)c1C. The van der Waals surface area contributed by atoms with Crippen molar-refractivity contribution in [1.29, 1.82) is 0 Å². The zero-order valence-electron chi connectivity index (χ0n) is 17.9. The van der Waals surface area contributed by atoms with Crippen molar-refractivity contribution in [2.45, 2.75) is 53.6 Å². The molecule has 29 heavy (non-hydrogen) atoms. The molecule has 0 saturated carbocycles. The van der Waals surface area contributed by atoms with E-state index in [-0.39, 0.29) is 19.1 Å². The standard InChI is InChI=1S/C20H30N2O7/c1-7-28-19(25)15-9-13(4)22(14(15)5)10-18(24)29-11-17(23)21-16(8-12(2)3)20(26)27-6/h9,12,16H,7-8,10-11H2,1-6H3,(H,21,23). The highest BCUT2D eigenvalue weighted by Gasteiger charge is 2.23. The average Bonchev–Trinajstić information content (AvgIpc) is 2.93. The van der Waals surface area contributed by atoms with Gasteiger partial charge >= 0.3 is 17.9 Å². The van der Waals surface area contributed by atoms with Gasteiger partial charge in [-0.3, -0.25) is 9.59 Å². The molecule has 162 valence electrons. The second kappa shape index (κ2) is 11.2. The van der Waals surface area contributed by atoms with Gasteiger partial charge in [-0.25, -0.2) is 9.59 Å². The lowest BCUT2D eigenvalue weighted by atomic mass is 10.0. The second-order valence-electron chi connectivity index (χ2n) is 7.02. The Morgan fingerprint density at radius 2 is 1.79 bits per heavy atom. The number of hydrogen-bond donors (Lipinski definition) is 1. The van der Waals surface area contributed by atoms with Crippen LogP contribution in [0.3, 0.4) is 0 Å². The molecule has 1 N–H and O–H groups in total. The monoisotopic (exact) mass is 410 g/mol. The first-order chi connectivity index (χ1) is 13.6. The number of esters is 3. The van der Waals surface area contributed by atoms with Crippen LogP contribution in [-0.4, -0.2) is 54.7 Å². The molecule has 0 aromatic carbocycles. The van der Waals surface area contributed by atoms with Crippen molar-refractivity contribution in [2.24, 2.45) is 5.92 Å². The van der Waals surface area contributed by atoms with Gasteiger partial charge in [0.1, 0.15) is 12.6 Å². The lowest BCUT2D eigenvalue weighted by Gasteiger charge is -2.18. The lowest BCUT2D eigenvalue weighted by Crippen LogP contribution is -2.44. The number of hydrogen-bond acceptors (Lipinski definition) is 7.